The van der Waals surface area contributed by atoms with Crippen molar-refractivity contribution in [3.8, 4) is 11.5 Å². The molecule has 0 fully saturated rings. The van der Waals surface area contributed by atoms with E-state index in [9.17, 15) is 9.90 Å². The number of rotatable bonds is 10. The summed E-state index contributed by atoms with van der Waals surface area (Å²) in [5, 5.41) is 9.46. The van der Waals surface area contributed by atoms with Crippen LogP contribution in [-0.4, -0.2) is 30.0 Å². The van der Waals surface area contributed by atoms with Crippen LogP contribution in [0.4, 0.5) is 0 Å². The van der Waals surface area contributed by atoms with Gasteiger partial charge in [-0.05, 0) is 53.8 Å². The van der Waals surface area contributed by atoms with Gasteiger partial charge < -0.3 is 14.6 Å². The fraction of sp³-hybridized carbons (Fsp3) is 0.208. The summed E-state index contributed by atoms with van der Waals surface area (Å²) in [7, 11) is 0. The minimum absolute atomic E-state index is 0.284. The molecule has 0 amide bonds. The number of carbonyl (C=O) groups is 1. The van der Waals surface area contributed by atoms with Gasteiger partial charge in [0.05, 0.1) is 6.61 Å². The molecule has 0 aliphatic rings. The maximum Gasteiger partial charge on any atom is 0.345 e. The van der Waals surface area contributed by atoms with Crippen LogP contribution in [0.25, 0.3) is 0 Å². The molecular formula is C24H24O4S. The molecule has 0 aliphatic heterocycles. The van der Waals surface area contributed by atoms with Gasteiger partial charge in [0.15, 0.2) is 6.10 Å². The van der Waals surface area contributed by atoms with Crippen molar-refractivity contribution < 1.29 is 19.4 Å². The molecule has 1 unspecified atom stereocenters. The summed E-state index contributed by atoms with van der Waals surface area (Å²) in [6, 6.07) is 25.0. The molecule has 0 saturated heterocycles. The number of hydrogen-bond acceptors (Lipinski definition) is 4. The SMILES string of the molecule is CSc1ccc(CCOc2ccc(CC(Oc3ccccc3)C(=O)O)cc2)cc1. The van der Waals surface area contributed by atoms with Crippen LogP contribution in [0.15, 0.2) is 83.8 Å². The molecule has 0 aromatic heterocycles. The first kappa shape index (κ1) is 20.8. The normalized spacial score (nSPS) is 11.6. The van der Waals surface area contributed by atoms with Gasteiger partial charge in [0.2, 0.25) is 0 Å². The Bertz CT molecular complexity index is 892. The Kier molecular flexibility index (Phi) is 7.59. The predicted molar refractivity (Wildman–Crippen MR) is 116 cm³/mol. The van der Waals surface area contributed by atoms with Crippen molar-refractivity contribution in [1.82, 2.24) is 0 Å². The highest BCUT2D eigenvalue weighted by Crippen LogP contribution is 2.18. The highest BCUT2D eigenvalue weighted by Gasteiger charge is 2.20. The van der Waals surface area contributed by atoms with E-state index < -0.39 is 12.1 Å². The summed E-state index contributed by atoms with van der Waals surface area (Å²) in [6.45, 7) is 0.590. The second-order valence-electron chi connectivity index (χ2n) is 6.55. The van der Waals surface area contributed by atoms with Gasteiger partial charge in [-0.3, -0.25) is 0 Å². The zero-order valence-electron chi connectivity index (χ0n) is 16.3. The van der Waals surface area contributed by atoms with Crippen molar-refractivity contribution in [2.24, 2.45) is 0 Å². The van der Waals surface area contributed by atoms with E-state index in [0.717, 1.165) is 17.7 Å². The Morgan fingerprint density at radius 3 is 2.17 bits per heavy atom. The topological polar surface area (TPSA) is 55.8 Å². The Morgan fingerprint density at radius 2 is 1.55 bits per heavy atom. The van der Waals surface area contributed by atoms with E-state index in [1.807, 2.05) is 42.5 Å². The molecule has 4 nitrogen and oxygen atoms in total. The van der Waals surface area contributed by atoms with E-state index in [2.05, 4.69) is 30.5 Å². The summed E-state index contributed by atoms with van der Waals surface area (Å²) in [4.78, 5) is 12.8. The van der Waals surface area contributed by atoms with Crippen molar-refractivity contribution in [2.45, 2.75) is 23.8 Å². The number of aliphatic carboxylic acids is 1. The number of thioether (sulfide) groups is 1. The monoisotopic (exact) mass is 408 g/mol. The fourth-order valence-electron chi connectivity index (χ4n) is 2.86. The molecule has 3 aromatic carbocycles. The molecule has 3 rings (SSSR count). The maximum absolute atomic E-state index is 11.5. The Hall–Kier alpha value is -2.92. The van der Waals surface area contributed by atoms with E-state index in [1.54, 1.807) is 23.9 Å². The van der Waals surface area contributed by atoms with Crippen molar-refractivity contribution in [3.05, 3.63) is 90.0 Å². The average Bonchev–Trinajstić information content (AvgIpc) is 2.75. The predicted octanol–water partition coefficient (Wildman–Crippen LogP) is 5.10. The summed E-state index contributed by atoms with van der Waals surface area (Å²) < 4.78 is 11.4. The minimum atomic E-state index is -0.985. The Labute approximate surface area is 175 Å². The fourth-order valence-corrected chi connectivity index (χ4v) is 3.27. The lowest BCUT2D eigenvalue weighted by molar-refractivity contribution is -0.145. The van der Waals surface area contributed by atoms with E-state index in [-0.39, 0.29) is 6.42 Å². The lowest BCUT2D eigenvalue weighted by atomic mass is 10.1. The molecule has 0 aliphatic carbocycles. The first-order valence-corrected chi connectivity index (χ1v) is 10.7. The standard InChI is InChI=1S/C24H24O4S/c1-29-22-13-9-18(10-14-22)15-16-27-20-11-7-19(8-12-20)17-23(24(25)26)28-21-5-3-2-4-6-21/h2-14,23H,15-17H2,1H3,(H,25,26). The first-order valence-electron chi connectivity index (χ1n) is 9.43. The van der Waals surface area contributed by atoms with Crippen molar-refractivity contribution in [2.75, 3.05) is 12.9 Å². The number of carboxylic acid groups (broad SMARTS) is 1. The average molecular weight is 409 g/mol. The molecule has 150 valence electrons. The van der Waals surface area contributed by atoms with E-state index in [1.165, 1.54) is 10.5 Å². The molecule has 1 atom stereocenters. The molecule has 0 heterocycles. The third-order valence-electron chi connectivity index (χ3n) is 4.46. The highest BCUT2D eigenvalue weighted by molar-refractivity contribution is 7.98. The quantitative estimate of drug-likeness (QED) is 0.473. The first-order chi connectivity index (χ1) is 14.1. The van der Waals surface area contributed by atoms with Crippen LogP contribution in [0, 0.1) is 0 Å². The molecule has 0 radical (unpaired) electrons. The third kappa shape index (κ3) is 6.57. The van der Waals surface area contributed by atoms with Crippen LogP contribution in [0.1, 0.15) is 11.1 Å². The van der Waals surface area contributed by atoms with Crippen LogP contribution >= 0.6 is 11.8 Å². The maximum atomic E-state index is 11.5. The summed E-state index contributed by atoms with van der Waals surface area (Å²) in [6.07, 6.45) is 2.25. The van der Waals surface area contributed by atoms with Crippen LogP contribution in [0.3, 0.4) is 0 Å². The molecule has 0 saturated carbocycles. The van der Waals surface area contributed by atoms with Gasteiger partial charge >= 0.3 is 5.97 Å². The number of para-hydroxylation sites is 1. The lowest BCUT2D eigenvalue weighted by Crippen LogP contribution is -2.29. The van der Waals surface area contributed by atoms with Gasteiger partial charge in [-0.2, -0.15) is 0 Å². The van der Waals surface area contributed by atoms with Crippen molar-refractivity contribution in [1.29, 1.82) is 0 Å². The molecule has 0 spiro atoms. The van der Waals surface area contributed by atoms with Crippen molar-refractivity contribution in [3.63, 3.8) is 0 Å². The van der Waals surface area contributed by atoms with E-state index >= 15 is 0 Å². The Morgan fingerprint density at radius 1 is 0.897 bits per heavy atom. The van der Waals surface area contributed by atoms with Gasteiger partial charge in [0.1, 0.15) is 11.5 Å². The largest absolute Gasteiger partial charge is 0.493 e. The highest BCUT2D eigenvalue weighted by atomic mass is 32.2. The number of benzene rings is 3. The van der Waals surface area contributed by atoms with Gasteiger partial charge in [0.25, 0.3) is 0 Å². The Balaban J connectivity index is 1.51. The van der Waals surface area contributed by atoms with Gasteiger partial charge in [-0.25, -0.2) is 4.79 Å². The van der Waals surface area contributed by atoms with Gasteiger partial charge in [-0.1, -0.05) is 42.5 Å². The van der Waals surface area contributed by atoms with E-state index in [4.69, 9.17) is 9.47 Å². The number of hydrogen-bond donors (Lipinski definition) is 1. The van der Waals surface area contributed by atoms with Gasteiger partial charge in [0, 0.05) is 17.7 Å². The number of ether oxygens (including phenoxy) is 2. The lowest BCUT2D eigenvalue weighted by Gasteiger charge is -2.15. The third-order valence-corrected chi connectivity index (χ3v) is 5.20. The summed E-state index contributed by atoms with van der Waals surface area (Å²) >= 11 is 1.73. The number of carboxylic acids is 1. The zero-order valence-corrected chi connectivity index (χ0v) is 17.1. The van der Waals surface area contributed by atoms with Crippen LogP contribution in [0.5, 0.6) is 11.5 Å². The summed E-state index contributed by atoms with van der Waals surface area (Å²) in [5.41, 5.74) is 2.12. The molecule has 29 heavy (non-hydrogen) atoms. The molecule has 0 bridgehead atoms. The van der Waals surface area contributed by atoms with Crippen LogP contribution < -0.4 is 9.47 Å². The van der Waals surface area contributed by atoms with Crippen LogP contribution in [-0.2, 0) is 17.6 Å². The molecular weight excluding hydrogens is 384 g/mol. The second-order valence-corrected chi connectivity index (χ2v) is 7.43. The van der Waals surface area contributed by atoms with Crippen LogP contribution in [0.2, 0.25) is 0 Å². The zero-order chi connectivity index (χ0) is 20.5. The smallest absolute Gasteiger partial charge is 0.345 e. The second kappa shape index (κ2) is 10.6. The minimum Gasteiger partial charge on any atom is -0.493 e. The molecule has 1 N–H and O–H groups in total. The van der Waals surface area contributed by atoms with Crippen molar-refractivity contribution >= 4 is 17.7 Å². The van der Waals surface area contributed by atoms with Gasteiger partial charge in [-0.15, -0.1) is 11.8 Å². The van der Waals surface area contributed by atoms with E-state index in [0.29, 0.717) is 12.4 Å². The molecule has 3 aromatic rings. The molecule has 5 heteroatoms. The summed E-state index contributed by atoms with van der Waals surface area (Å²) in [5.74, 6) is 0.331.